The van der Waals surface area contributed by atoms with Crippen molar-refractivity contribution >= 4 is 11.9 Å². The Balaban J connectivity index is 2.70. The van der Waals surface area contributed by atoms with Crippen LogP contribution in [0.15, 0.2) is 18.3 Å². The first-order valence-electron chi connectivity index (χ1n) is 7.70. The van der Waals surface area contributed by atoms with Crippen molar-refractivity contribution in [3.8, 4) is 5.88 Å². The lowest BCUT2D eigenvalue weighted by atomic mass is 10.1. The quantitative estimate of drug-likeness (QED) is 0.721. The summed E-state index contributed by atoms with van der Waals surface area (Å²) >= 11 is 0. The van der Waals surface area contributed by atoms with E-state index in [0.29, 0.717) is 0 Å². The number of hydrogen-bond donors (Lipinski definition) is 2. The summed E-state index contributed by atoms with van der Waals surface area (Å²) in [7, 11) is 0. The summed E-state index contributed by atoms with van der Waals surface area (Å²) in [6.07, 6.45) is -3.42. The van der Waals surface area contributed by atoms with E-state index in [1.807, 2.05) is 0 Å². The number of nitrogens with zero attached hydrogens (tertiary/aromatic N) is 1. The Morgan fingerprint density at radius 1 is 1.31 bits per heavy atom. The van der Waals surface area contributed by atoms with Gasteiger partial charge in [0.2, 0.25) is 5.88 Å². The molecule has 0 aliphatic carbocycles. The molecule has 0 bridgehead atoms. The number of hydrogen-bond acceptors (Lipinski definition) is 5. The van der Waals surface area contributed by atoms with Crippen LogP contribution in [0.4, 0.5) is 13.2 Å². The molecule has 1 aromatic heterocycles. The molecule has 0 saturated carbocycles. The largest absolute Gasteiger partial charge is 0.480 e. The Bertz CT molecular complexity index is 629. The second-order valence-electron chi connectivity index (χ2n) is 6.40. The van der Waals surface area contributed by atoms with Gasteiger partial charge in [0.05, 0.1) is 5.60 Å². The van der Waals surface area contributed by atoms with E-state index in [4.69, 9.17) is 4.74 Å². The summed E-state index contributed by atoms with van der Waals surface area (Å²) in [4.78, 5) is 27.0. The van der Waals surface area contributed by atoms with E-state index >= 15 is 0 Å². The van der Waals surface area contributed by atoms with Crippen LogP contribution < -0.4 is 10.1 Å². The molecule has 146 valence electrons. The lowest BCUT2D eigenvalue weighted by molar-refractivity contribution is -0.154. The number of carboxylic acid groups (broad SMARTS) is 1. The molecule has 0 aromatic carbocycles. The Morgan fingerprint density at radius 2 is 1.96 bits per heavy atom. The van der Waals surface area contributed by atoms with Crippen molar-refractivity contribution in [2.45, 2.75) is 45.0 Å². The average molecular weight is 378 g/mol. The van der Waals surface area contributed by atoms with Crippen LogP contribution in [-0.4, -0.2) is 53.0 Å². The zero-order valence-electron chi connectivity index (χ0n) is 14.6. The number of pyridine rings is 1. The monoisotopic (exact) mass is 378 g/mol. The van der Waals surface area contributed by atoms with E-state index in [1.165, 1.54) is 6.07 Å². The van der Waals surface area contributed by atoms with Crippen molar-refractivity contribution in [2.75, 3.05) is 13.2 Å². The van der Waals surface area contributed by atoms with Gasteiger partial charge in [-0.25, -0.2) is 9.78 Å². The first-order valence-corrected chi connectivity index (χ1v) is 7.70. The highest BCUT2D eigenvalue weighted by molar-refractivity contribution is 5.96. The van der Waals surface area contributed by atoms with Crippen LogP contribution >= 0.6 is 0 Å². The van der Waals surface area contributed by atoms with Crippen LogP contribution in [-0.2, 0) is 9.53 Å². The molecular formula is C16H21F3N2O5. The van der Waals surface area contributed by atoms with Crippen LogP contribution in [0.5, 0.6) is 5.88 Å². The number of carbonyl (C=O) groups excluding carboxylic acids is 1. The minimum Gasteiger partial charge on any atom is -0.480 e. The Labute approximate surface area is 148 Å². The van der Waals surface area contributed by atoms with E-state index in [2.05, 4.69) is 15.0 Å². The van der Waals surface area contributed by atoms with E-state index in [-0.39, 0.29) is 18.6 Å². The number of aromatic nitrogens is 1. The highest BCUT2D eigenvalue weighted by atomic mass is 19.4. The maximum atomic E-state index is 12.2. The number of alkyl halides is 3. The van der Waals surface area contributed by atoms with Crippen molar-refractivity contribution in [1.82, 2.24) is 10.3 Å². The number of carboxylic acids is 1. The second-order valence-corrected chi connectivity index (χ2v) is 6.40. The van der Waals surface area contributed by atoms with Gasteiger partial charge in [0, 0.05) is 30.9 Å². The van der Waals surface area contributed by atoms with Crippen LogP contribution in [0, 0.1) is 0 Å². The third-order valence-corrected chi connectivity index (χ3v) is 2.93. The molecule has 0 fully saturated rings. The highest BCUT2D eigenvalue weighted by Crippen LogP contribution is 2.17. The number of halogens is 3. The molecule has 1 atom stereocenters. The standard InChI is InChI=1S/C16H21F3N2O5/c1-15(2,3)26-7-5-11(14(23)24)21-13(22)10-4-6-20-12(8-10)25-9-16(17,18)19/h4,6,8,11H,5,7,9H2,1-3H3,(H,21,22)(H,23,24). The van der Waals surface area contributed by atoms with Crippen molar-refractivity contribution in [2.24, 2.45) is 0 Å². The van der Waals surface area contributed by atoms with Gasteiger partial charge in [-0.3, -0.25) is 4.79 Å². The van der Waals surface area contributed by atoms with Crippen LogP contribution in [0.3, 0.4) is 0 Å². The van der Waals surface area contributed by atoms with Crippen molar-refractivity contribution < 1.29 is 37.3 Å². The van der Waals surface area contributed by atoms with Gasteiger partial charge in [-0.1, -0.05) is 0 Å². The molecule has 10 heteroatoms. The normalized spacial score (nSPS) is 13.2. The molecule has 0 spiro atoms. The van der Waals surface area contributed by atoms with Gasteiger partial charge in [0.25, 0.3) is 5.91 Å². The molecule has 1 rings (SSSR count). The van der Waals surface area contributed by atoms with E-state index in [1.54, 1.807) is 20.8 Å². The first kappa shape index (κ1) is 21.7. The fraction of sp³-hybridized carbons (Fsp3) is 0.562. The minimum atomic E-state index is -4.54. The number of ether oxygens (including phenoxy) is 2. The van der Waals surface area contributed by atoms with Gasteiger partial charge in [0.15, 0.2) is 6.61 Å². The smallest absolute Gasteiger partial charge is 0.422 e. The van der Waals surface area contributed by atoms with Gasteiger partial charge in [-0.05, 0) is 26.8 Å². The Hall–Kier alpha value is -2.36. The number of aliphatic carboxylic acids is 1. The number of nitrogens with one attached hydrogen (secondary N) is 1. The topological polar surface area (TPSA) is 97.8 Å². The summed E-state index contributed by atoms with van der Waals surface area (Å²) in [5, 5.41) is 11.5. The maximum absolute atomic E-state index is 12.2. The van der Waals surface area contributed by atoms with Gasteiger partial charge in [0.1, 0.15) is 6.04 Å². The lowest BCUT2D eigenvalue weighted by Gasteiger charge is -2.21. The predicted octanol–water partition coefficient (Wildman–Crippen LogP) is 2.41. The fourth-order valence-electron chi connectivity index (χ4n) is 1.77. The molecule has 0 saturated heterocycles. The zero-order chi connectivity index (χ0) is 20.0. The van der Waals surface area contributed by atoms with Crippen molar-refractivity contribution in [1.29, 1.82) is 0 Å². The summed E-state index contributed by atoms with van der Waals surface area (Å²) in [5.74, 6) is -2.41. The van der Waals surface area contributed by atoms with Crippen molar-refractivity contribution in [3.05, 3.63) is 23.9 Å². The van der Waals surface area contributed by atoms with Crippen LogP contribution in [0.2, 0.25) is 0 Å². The lowest BCUT2D eigenvalue weighted by Crippen LogP contribution is -2.42. The van der Waals surface area contributed by atoms with Crippen LogP contribution in [0.1, 0.15) is 37.6 Å². The molecule has 1 unspecified atom stereocenters. The fourth-order valence-corrected chi connectivity index (χ4v) is 1.77. The summed E-state index contributed by atoms with van der Waals surface area (Å²) in [6.45, 7) is 3.98. The van der Waals surface area contributed by atoms with Gasteiger partial charge in [-0.2, -0.15) is 13.2 Å². The number of rotatable bonds is 8. The molecule has 0 aliphatic heterocycles. The Kier molecular flexibility index (Phi) is 7.37. The molecular weight excluding hydrogens is 357 g/mol. The number of amides is 1. The summed E-state index contributed by atoms with van der Waals surface area (Å²) < 4.78 is 46.4. The molecule has 0 radical (unpaired) electrons. The van der Waals surface area contributed by atoms with E-state index in [0.717, 1.165) is 12.3 Å². The third-order valence-electron chi connectivity index (χ3n) is 2.93. The Morgan fingerprint density at radius 3 is 2.50 bits per heavy atom. The molecule has 0 aliphatic rings. The minimum absolute atomic E-state index is 0.0286. The highest BCUT2D eigenvalue weighted by Gasteiger charge is 2.29. The molecule has 2 N–H and O–H groups in total. The van der Waals surface area contributed by atoms with Gasteiger partial charge in [-0.15, -0.1) is 0 Å². The molecule has 1 amide bonds. The molecule has 7 nitrogen and oxygen atoms in total. The van der Waals surface area contributed by atoms with Gasteiger partial charge >= 0.3 is 12.1 Å². The molecule has 1 aromatic rings. The summed E-state index contributed by atoms with van der Waals surface area (Å²) in [6, 6.07) is 1.03. The second kappa shape index (κ2) is 8.84. The van der Waals surface area contributed by atoms with Gasteiger partial charge < -0.3 is 19.9 Å². The SMILES string of the molecule is CC(C)(C)OCCC(NC(=O)c1ccnc(OCC(F)(F)F)c1)C(=O)O. The third kappa shape index (κ3) is 8.65. The zero-order valence-corrected chi connectivity index (χ0v) is 14.6. The van der Waals surface area contributed by atoms with Crippen molar-refractivity contribution in [3.63, 3.8) is 0 Å². The maximum Gasteiger partial charge on any atom is 0.422 e. The molecule has 1 heterocycles. The summed E-state index contributed by atoms with van der Waals surface area (Å²) in [5.41, 5.74) is -0.525. The molecule has 26 heavy (non-hydrogen) atoms. The first-order chi connectivity index (χ1) is 11.9. The van der Waals surface area contributed by atoms with E-state index < -0.39 is 42.2 Å². The number of carbonyl (C=O) groups is 2. The average Bonchev–Trinajstić information content (AvgIpc) is 2.50. The predicted molar refractivity (Wildman–Crippen MR) is 85.0 cm³/mol. The van der Waals surface area contributed by atoms with E-state index in [9.17, 15) is 27.9 Å². The van der Waals surface area contributed by atoms with Crippen LogP contribution in [0.25, 0.3) is 0 Å².